The van der Waals surface area contributed by atoms with E-state index in [4.69, 9.17) is 0 Å². The van der Waals surface area contributed by atoms with Crippen LogP contribution >= 0.6 is 0 Å². The summed E-state index contributed by atoms with van der Waals surface area (Å²) in [6, 6.07) is 16.6. The molecule has 0 radical (unpaired) electrons. The zero-order valence-electron chi connectivity index (χ0n) is 12.5. The Hall–Kier alpha value is -1.38. The summed E-state index contributed by atoms with van der Waals surface area (Å²) in [5.41, 5.74) is 1.45. The fraction of sp³-hybridized carbons (Fsp3) is 0.444. The second kappa shape index (κ2) is 5.94. The Balaban J connectivity index is 1.88. The maximum atomic E-state index is 3.59. The third-order valence-corrected chi connectivity index (χ3v) is 4.45. The van der Waals surface area contributed by atoms with E-state index in [-0.39, 0.29) is 0 Å². The Bertz CT molecular complexity index is 573. The van der Waals surface area contributed by atoms with E-state index >= 15 is 0 Å². The van der Waals surface area contributed by atoms with Gasteiger partial charge in [-0.3, -0.25) is 4.90 Å². The number of benzene rings is 2. The summed E-state index contributed by atoms with van der Waals surface area (Å²) in [7, 11) is 0. The van der Waals surface area contributed by atoms with Crippen LogP contribution in [0.4, 0.5) is 0 Å². The predicted octanol–water partition coefficient (Wildman–Crippen LogP) is 3.41. The fourth-order valence-electron chi connectivity index (χ4n) is 3.28. The molecule has 20 heavy (non-hydrogen) atoms. The number of fused-ring (bicyclic) bond motifs is 1. The molecule has 2 aromatic carbocycles. The van der Waals surface area contributed by atoms with Crippen molar-refractivity contribution in [1.82, 2.24) is 10.2 Å². The lowest BCUT2D eigenvalue weighted by atomic mass is 10.0. The van der Waals surface area contributed by atoms with Gasteiger partial charge in [0.1, 0.15) is 0 Å². The van der Waals surface area contributed by atoms with Crippen LogP contribution in [0.25, 0.3) is 10.8 Å². The minimum Gasteiger partial charge on any atom is -0.311 e. The van der Waals surface area contributed by atoms with Gasteiger partial charge in [-0.05, 0) is 29.7 Å². The Morgan fingerprint density at radius 1 is 1.15 bits per heavy atom. The highest BCUT2D eigenvalue weighted by Crippen LogP contribution is 2.22. The van der Waals surface area contributed by atoms with Crippen molar-refractivity contribution in [2.24, 2.45) is 0 Å². The van der Waals surface area contributed by atoms with E-state index in [0.717, 1.165) is 19.6 Å². The second-order valence-electron chi connectivity index (χ2n) is 5.94. The van der Waals surface area contributed by atoms with E-state index in [0.29, 0.717) is 12.1 Å². The highest BCUT2D eigenvalue weighted by molar-refractivity contribution is 5.85. The molecule has 0 bridgehead atoms. The average Bonchev–Trinajstić information content (AvgIpc) is 2.48. The molecule has 0 spiro atoms. The van der Waals surface area contributed by atoms with E-state index in [9.17, 15) is 0 Å². The van der Waals surface area contributed by atoms with Crippen LogP contribution in [0.5, 0.6) is 0 Å². The summed E-state index contributed by atoms with van der Waals surface area (Å²) >= 11 is 0. The summed E-state index contributed by atoms with van der Waals surface area (Å²) in [4.78, 5) is 2.64. The molecule has 2 unspecified atom stereocenters. The molecule has 0 amide bonds. The van der Waals surface area contributed by atoms with Gasteiger partial charge in [-0.25, -0.2) is 0 Å². The first-order valence-electron chi connectivity index (χ1n) is 7.72. The first-order chi connectivity index (χ1) is 9.78. The molecule has 2 nitrogen and oxygen atoms in total. The van der Waals surface area contributed by atoms with Gasteiger partial charge < -0.3 is 5.32 Å². The summed E-state index contributed by atoms with van der Waals surface area (Å²) < 4.78 is 0. The zero-order chi connectivity index (χ0) is 13.9. The molecule has 2 atom stereocenters. The summed E-state index contributed by atoms with van der Waals surface area (Å²) in [5, 5.41) is 6.34. The van der Waals surface area contributed by atoms with Crippen molar-refractivity contribution >= 4 is 10.8 Å². The van der Waals surface area contributed by atoms with Gasteiger partial charge in [0.2, 0.25) is 0 Å². The topological polar surface area (TPSA) is 15.3 Å². The van der Waals surface area contributed by atoms with Crippen LogP contribution in [0.15, 0.2) is 42.5 Å². The second-order valence-corrected chi connectivity index (χ2v) is 5.94. The van der Waals surface area contributed by atoms with Crippen molar-refractivity contribution in [3.63, 3.8) is 0 Å². The summed E-state index contributed by atoms with van der Waals surface area (Å²) in [6.45, 7) is 7.89. The van der Waals surface area contributed by atoms with Gasteiger partial charge in [0.25, 0.3) is 0 Å². The van der Waals surface area contributed by atoms with Crippen molar-refractivity contribution in [3.05, 3.63) is 48.0 Å². The third-order valence-electron chi connectivity index (χ3n) is 4.45. The lowest BCUT2D eigenvalue weighted by Gasteiger charge is -2.39. The predicted molar refractivity (Wildman–Crippen MR) is 85.9 cm³/mol. The van der Waals surface area contributed by atoms with Gasteiger partial charge in [0.05, 0.1) is 0 Å². The Kier molecular flexibility index (Phi) is 4.04. The molecule has 0 saturated carbocycles. The summed E-state index contributed by atoms with van der Waals surface area (Å²) in [5.74, 6) is 0. The molecule has 1 aliphatic heterocycles. The van der Waals surface area contributed by atoms with Crippen LogP contribution in [-0.4, -0.2) is 30.1 Å². The molecule has 1 saturated heterocycles. The number of piperazine rings is 1. The van der Waals surface area contributed by atoms with Crippen molar-refractivity contribution < 1.29 is 0 Å². The van der Waals surface area contributed by atoms with Crippen LogP contribution in [0, 0.1) is 0 Å². The van der Waals surface area contributed by atoms with E-state index in [1.807, 2.05) is 0 Å². The van der Waals surface area contributed by atoms with E-state index in [2.05, 4.69) is 66.5 Å². The van der Waals surface area contributed by atoms with Crippen LogP contribution in [-0.2, 0) is 6.54 Å². The Morgan fingerprint density at radius 3 is 2.80 bits per heavy atom. The Morgan fingerprint density at radius 2 is 1.95 bits per heavy atom. The molecule has 1 aliphatic rings. The number of nitrogens with one attached hydrogen (secondary N) is 1. The Labute approximate surface area is 121 Å². The first-order valence-corrected chi connectivity index (χ1v) is 7.72. The minimum atomic E-state index is 0.591. The molecule has 1 N–H and O–H groups in total. The van der Waals surface area contributed by atoms with Gasteiger partial charge in [0.15, 0.2) is 0 Å². The molecule has 0 aromatic heterocycles. The smallest absolute Gasteiger partial charge is 0.0244 e. The van der Waals surface area contributed by atoms with E-state index in [1.54, 1.807) is 0 Å². The van der Waals surface area contributed by atoms with Crippen LogP contribution in [0.3, 0.4) is 0 Å². The molecule has 2 aromatic rings. The van der Waals surface area contributed by atoms with Gasteiger partial charge in [-0.1, -0.05) is 49.4 Å². The average molecular weight is 268 g/mol. The quantitative estimate of drug-likeness (QED) is 0.917. The van der Waals surface area contributed by atoms with Crippen molar-refractivity contribution in [1.29, 1.82) is 0 Å². The van der Waals surface area contributed by atoms with E-state index < -0.39 is 0 Å². The van der Waals surface area contributed by atoms with Crippen molar-refractivity contribution in [3.8, 4) is 0 Å². The van der Waals surface area contributed by atoms with Gasteiger partial charge in [-0.2, -0.15) is 0 Å². The third kappa shape index (κ3) is 2.72. The van der Waals surface area contributed by atoms with Crippen LogP contribution in [0.2, 0.25) is 0 Å². The zero-order valence-corrected chi connectivity index (χ0v) is 12.5. The maximum Gasteiger partial charge on any atom is 0.0244 e. The fourth-order valence-corrected chi connectivity index (χ4v) is 3.28. The lowest BCUT2D eigenvalue weighted by molar-refractivity contribution is 0.124. The molecular weight excluding hydrogens is 244 g/mol. The van der Waals surface area contributed by atoms with E-state index in [1.165, 1.54) is 22.8 Å². The van der Waals surface area contributed by atoms with Crippen LogP contribution < -0.4 is 5.32 Å². The maximum absolute atomic E-state index is 3.59. The number of rotatable bonds is 3. The molecule has 2 heteroatoms. The van der Waals surface area contributed by atoms with Crippen molar-refractivity contribution in [2.75, 3.05) is 13.1 Å². The van der Waals surface area contributed by atoms with Crippen LogP contribution in [0.1, 0.15) is 25.8 Å². The number of hydrogen-bond acceptors (Lipinski definition) is 2. The highest BCUT2D eigenvalue weighted by Gasteiger charge is 2.24. The molecule has 1 heterocycles. The van der Waals surface area contributed by atoms with Crippen molar-refractivity contribution in [2.45, 2.75) is 38.9 Å². The molecule has 1 fully saturated rings. The SMILES string of the molecule is CCC1CNC(C)CN1Cc1cccc2ccccc12. The molecule has 106 valence electrons. The molecular formula is C18H24N2. The minimum absolute atomic E-state index is 0.591. The summed E-state index contributed by atoms with van der Waals surface area (Å²) in [6.07, 6.45) is 1.21. The standard InChI is InChI=1S/C18H24N2/c1-3-17-11-19-14(2)12-20(17)13-16-9-6-8-15-7-4-5-10-18(15)16/h4-10,14,17,19H,3,11-13H2,1-2H3. The largest absolute Gasteiger partial charge is 0.311 e. The monoisotopic (exact) mass is 268 g/mol. The highest BCUT2D eigenvalue weighted by atomic mass is 15.2. The number of nitrogens with zero attached hydrogens (tertiary/aromatic N) is 1. The normalized spacial score (nSPS) is 24.1. The van der Waals surface area contributed by atoms with Gasteiger partial charge in [-0.15, -0.1) is 0 Å². The molecule has 3 rings (SSSR count). The lowest BCUT2D eigenvalue weighted by Crippen LogP contribution is -2.54. The first kappa shape index (κ1) is 13.6. The molecule has 0 aliphatic carbocycles. The van der Waals surface area contributed by atoms with Gasteiger partial charge in [0, 0.05) is 31.7 Å². The van der Waals surface area contributed by atoms with Gasteiger partial charge >= 0.3 is 0 Å². The number of hydrogen-bond donors (Lipinski definition) is 1.